The number of ether oxygens (including phenoxy) is 1. The second-order valence-corrected chi connectivity index (χ2v) is 6.77. The molecule has 25 heavy (non-hydrogen) atoms. The Balaban J connectivity index is 1.98. The number of aromatic nitrogens is 2. The van der Waals surface area contributed by atoms with E-state index in [9.17, 15) is 9.59 Å². The number of carbonyl (C=O) groups is 2. The summed E-state index contributed by atoms with van der Waals surface area (Å²) in [5.74, 6) is 0.0984. The van der Waals surface area contributed by atoms with Gasteiger partial charge in [0.15, 0.2) is 0 Å². The Bertz CT molecular complexity index is 799. The molecule has 0 aliphatic carbocycles. The van der Waals surface area contributed by atoms with Crippen molar-refractivity contribution in [3.8, 4) is 0 Å². The number of hydrogen-bond acceptors (Lipinski definition) is 5. The van der Waals surface area contributed by atoms with Gasteiger partial charge in [-0.3, -0.25) is 9.59 Å². The van der Waals surface area contributed by atoms with Crippen LogP contribution in [-0.4, -0.2) is 34.5 Å². The van der Waals surface area contributed by atoms with Gasteiger partial charge in [0.05, 0.1) is 12.3 Å². The molecule has 3 rings (SSSR count). The van der Waals surface area contributed by atoms with E-state index in [1.807, 2.05) is 13.2 Å². The Hall–Kier alpha value is -2.28. The van der Waals surface area contributed by atoms with Crippen molar-refractivity contribution < 1.29 is 14.3 Å². The molecule has 0 radical (unpaired) electrons. The van der Waals surface area contributed by atoms with E-state index in [-0.39, 0.29) is 24.3 Å². The quantitative estimate of drug-likeness (QED) is 0.656. The summed E-state index contributed by atoms with van der Waals surface area (Å²) in [4.78, 5) is 25.2. The van der Waals surface area contributed by atoms with Crippen molar-refractivity contribution in [2.45, 2.75) is 37.6 Å². The van der Waals surface area contributed by atoms with Crippen LogP contribution in [-0.2, 0) is 20.9 Å². The maximum atomic E-state index is 12.2. The fourth-order valence-corrected chi connectivity index (χ4v) is 3.59. The molecule has 1 aromatic carbocycles. The van der Waals surface area contributed by atoms with Gasteiger partial charge in [0.2, 0.25) is 5.91 Å². The van der Waals surface area contributed by atoms with Crippen LogP contribution >= 0.6 is 11.8 Å². The van der Waals surface area contributed by atoms with Crippen LogP contribution in [0.15, 0.2) is 29.2 Å². The summed E-state index contributed by atoms with van der Waals surface area (Å²) in [6.45, 7) is 3.97. The number of aryl methyl sites for hydroxylation is 1. The number of esters is 1. The zero-order valence-corrected chi connectivity index (χ0v) is 15.4. The molecule has 1 amide bonds. The first-order chi connectivity index (χ1) is 12.0. The van der Waals surface area contributed by atoms with Gasteiger partial charge in [-0.05, 0) is 37.8 Å². The van der Waals surface area contributed by atoms with Crippen LogP contribution in [0, 0.1) is 6.92 Å². The van der Waals surface area contributed by atoms with Gasteiger partial charge < -0.3 is 10.1 Å². The molecule has 0 saturated heterocycles. The van der Waals surface area contributed by atoms with E-state index in [1.54, 1.807) is 18.7 Å². The van der Waals surface area contributed by atoms with Gasteiger partial charge in [-0.2, -0.15) is 5.10 Å². The summed E-state index contributed by atoms with van der Waals surface area (Å²) in [5, 5.41) is 7.32. The summed E-state index contributed by atoms with van der Waals surface area (Å²) < 4.78 is 6.53. The Morgan fingerprint density at radius 1 is 1.40 bits per heavy atom. The van der Waals surface area contributed by atoms with Gasteiger partial charge in [0.25, 0.3) is 0 Å². The number of nitrogens with one attached hydrogen (secondary N) is 1. The first kappa shape index (κ1) is 17.5. The van der Waals surface area contributed by atoms with Crippen molar-refractivity contribution in [1.29, 1.82) is 0 Å². The molecule has 0 bridgehead atoms. The predicted octanol–water partition coefficient (Wildman–Crippen LogP) is 2.95. The monoisotopic (exact) mass is 359 g/mol. The SMILES string of the molecule is CCOC(=O)Cn1nc(C)c2c1NC(=O)C[C@@H]2c1ccc(SC)cc1. The normalized spacial score (nSPS) is 16.3. The number of hydrogen-bond donors (Lipinski definition) is 1. The van der Waals surface area contributed by atoms with E-state index in [4.69, 9.17) is 4.74 Å². The van der Waals surface area contributed by atoms with Crippen LogP contribution in [0.5, 0.6) is 0 Å². The lowest BCUT2D eigenvalue weighted by Crippen LogP contribution is -2.26. The van der Waals surface area contributed by atoms with Crippen molar-refractivity contribution in [2.75, 3.05) is 18.2 Å². The third-order valence-corrected chi connectivity index (χ3v) is 5.02. The molecule has 0 fully saturated rings. The molecular formula is C18H21N3O3S. The molecule has 1 N–H and O–H groups in total. The maximum absolute atomic E-state index is 12.2. The summed E-state index contributed by atoms with van der Waals surface area (Å²) >= 11 is 1.68. The van der Waals surface area contributed by atoms with Crippen LogP contribution in [0.25, 0.3) is 0 Å². The van der Waals surface area contributed by atoms with E-state index in [0.717, 1.165) is 16.8 Å². The minimum atomic E-state index is -0.367. The highest BCUT2D eigenvalue weighted by atomic mass is 32.2. The van der Waals surface area contributed by atoms with Crippen molar-refractivity contribution in [1.82, 2.24) is 9.78 Å². The highest BCUT2D eigenvalue weighted by Crippen LogP contribution is 2.39. The van der Waals surface area contributed by atoms with Crippen molar-refractivity contribution in [3.05, 3.63) is 41.1 Å². The van der Waals surface area contributed by atoms with Crippen molar-refractivity contribution >= 4 is 29.5 Å². The number of thioether (sulfide) groups is 1. The molecule has 2 heterocycles. The number of carbonyl (C=O) groups excluding carboxylic acids is 2. The molecular weight excluding hydrogens is 338 g/mol. The summed E-state index contributed by atoms with van der Waals surface area (Å²) in [7, 11) is 0. The van der Waals surface area contributed by atoms with E-state index in [2.05, 4.69) is 34.7 Å². The van der Waals surface area contributed by atoms with Crippen molar-refractivity contribution in [2.24, 2.45) is 0 Å². The first-order valence-corrected chi connectivity index (χ1v) is 9.42. The molecule has 0 saturated carbocycles. The lowest BCUT2D eigenvalue weighted by molar-refractivity contribution is -0.144. The zero-order valence-electron chi connectivity index (χ0n) is 14.5. The van der Waals surface area contributed by atoms with Crippen LogP contribution in [0.4, 0.5) is 5.82 Å². The van der Waals surface area contributed by atoms with Crippen LogP contribution < -0.4 is 5.32 Å². The van der Waals surface area contributed by atoms with Crippen molar-refractivity contribution in [3.63, 3.8) is 0 Å². The Kier molecular flexibility index (Phi) is 5.13. The first-order valence-electron chi connectivity index (χ1n) is 8.20. The second kappa shape index (κ2) is 7.31. The molecule has 1 aliphatic rings. The predicted molar refractivity (Wildman–Crippen MR) is 96.9 cm³/mol. The Morgan fingerprint density at radius 2 is 2.12 bits per heavy atom. The second-order valence-electron chi connectivity index (χ2n) is 5.89. The molecule has 6 nitrogen and oxygen atoms in total. The molecule has 0 unspecified atom stereocenters. The summed E-state index contributed by atoms with van der Waals surface area (Å²) in [6, 6.07) is 8.23. The minimum Gasteiger partial charge on any atom is -0.465 e. The van der Waals surface area contributed by atoms with Gasteiger partial charge in [-0.15, -0.1) is 11.8 Å². The smallest absolute Gasteiger partial charge is 0.327 e. The number of benzene rings is 1. The standard InChI is InChI=1S/C18H21N3O3S/c1-4-24-16(23)10-21-18-17(11(2)20-21)14(9-15(22)19-18)12-5-7-13(25-3)8-6-12/h5-8,14H,4,9-10H2,1-3H3,(H,19,22)/t14-/m1/s1. The lowest BCUT2D eigenvalue weighted by atomic mass is 9.86. The topological polar surface area (TPSA) is 73.2 Å². The number of anilines is 1. The highest BCUT2D eigenvalue weighted by molar-refractivity contribution is 7.98. The molecule has 1 aromatic heterocycles. The van der Waals surface area contributed by atoms with Gasteiger partial charge in [-0.1, -0.05) is 12.1 Å². The highest BCUT2D eigenvalue weighted by Gasteiger charge is 2.32. The van der Waals surface area contributed by atoms with E-state index < -0.39 is 0 Å². The molecule has 1 atom stereocenters. The average Bonchev–Trinajstić information content (AvgIpc) is 2.90. The number of nitrogens with zero attached hydrogens (tertiary/aromatic N) is 2. The number of amides is 1. The van der Waals surface area contributed by atoms with E-state index in [0.29, 0.717) is 18.8 Å². The number of fused-ring (bicyclic) bond motifs is 1. The average molecular weight is 359 g/mol. The maximum Gasteiger partial charge on any atom is 0.327 e. The molecule has 7 heteroatoms. The van der Waals surface area contributed by atoms with Gasteiger partial charge in [-0.25, -0.2) is 4.68 Å². The van der Waals surface area contributed by atoms with Gasteiger partial charge >= 0.3 is 5.97 Å². The minimum absolute atomic E-state index is 0.0115. The van der Waals surface area contributed by atoms with Gasteiger partial charge in [0.1, 0.15) is 12.4 Å². The summed E-state index contributed by atoms with van der Waals surface area (Å²) in [5.41, 5.74) is 2.87. The summed E-state index contributed by atoms with van der Waals surface area (Å²) in [6.07, 6.45) is 2.41. The van der Waals surface area contributed by atoms with Crippen LogP contribution in [0.3, 0.4) is 0 Å². The molecule has 132 valence electrons. The zero-order chi connectivity index (χ0) is 18.0. The fraction of sp³-hybridized carbons (Fsp3) is 0.389. The Morgan fingerprint density at radius 3 is 2.76 bits per heavy atom. The molecule has 1 aliphatic heterocycles. The Labute approximate surface area is 150 Å². The third kappa shape index (κ3) is 3.56. The van der Waals surface area contributed by atoms with E-state index >= 15 is 0 Å². The van der Waals surface area contributed by atoms with Crippen LogP contribution in [0.2, 0.25) is 0 Å². The van der Waals surface area contributed by atoms with Crippen LogP contribution in [0.1, 0.15) is 36.1 Å². The third-order valence-electron chi connectivity index (χ3n) is 4.27. The van der Waals surface area contributed by atoms with E-state index in [1.165, 1.54) is 9.58 Å². The number of rotatable bonds is 5. The lowest BCUT2D eigenvalue weighted by Gasteiger charge is -2.24. The molecule has 2 aromatic rings. The molecule has 0 spiro atoms. The largest absolute Gasteiger partial charge is 0.465 e. The van der Waals surface area contributed by atoms with Gasteiger partial charge in [0, 0.05) is 22.8 Å². The fourth-order valence-electron chi connectivity index (χ4n) is 3.18.